The first kappa shape index (κ1) is 10.7. The van der Waals surface area contributed by atoms with Gasteiger partial charge < -0.3 is 10.3 Å². The summed E-state index contributed by atoms with van der Waals surface area (Å²) in [6.45, 7) is 4.28. The molecule has 1 aromatic heterocycles. The second kappa shape index (κ2) is 4.39. The summed E-state index contributed by atoms with van der Waals surface area (Å²) in [6.07, 6.45) is 1.96. The van der Waals surface area contributed by atoms with Gasteiger partial charge in [0.2, 0.25) is 5.88 Å². The Kier molecular flexibility index (Phi) is 2.95. The van der Waals surface area contributed by atoms with Crippen LogP contribution in [0.1, 0.15) is 25.0 Å². The Labute approximate surface area is 95.3 Å². The topological polar surface area (TPSA) is 52.0 Å². The van der Waals surface area contributed by atoms with E-state index in [2.05, 4.69) is 37.2 Å². The van der Waals surface area contributed by atoms with Crippen molar-refractivity contribution in [2.75, 3.05) is 5.73 Å². The van der Waals surface area contributed by atoms with Gasteiger partial charge in [-0.15, -0.1) is 0 Å². The Balaban J connectivity index is 2.60. The molecule has 0 aliphatic carbocycles. The Morgan fingerprint density at radius 1 is 1.19 bits per heavy atom. The van der Waals surface area contributed by atoms with Crippen LogP contribution in [0.3, 0.4) is 0 Å². The molecule has 1 aromatic carbocycles. The molecule has 0 aliphatic rings. The maximum atomic E-state index is 5.57. The first-order valence-corrected chi connectivity index (χ1v) is 5.59. The van der Waals surface area contributed by atoms with E-state index in [0.29, 0.717) is 5.88 Å². The molecule has 0 saturated carbocycles. The minimum absolute atomic E-state index is 0.364. The summed E-state index contributed by atoms with van der Waals surface area (Å²) < 4.78 is 4.95. The second-order valence-electron chi connectivity index (χ2n) is 3.77. The highest BCUT2D eigenvalue weighted by Gasteiger charge is 2.12. The number of nitrogen functional groups attached to an aromatic ring is 1. The van der Waals surface area contributed by atoms with Gasteiger partial charge in [0.1, 0.15) is 5.69 Å². The van der Waals surface area contributed by atoms with E-state index in [-0.39, 0.29) is 0 Å². The van der Waals surface area contributed by atoms with Crippen molar-refractivity contribution in [2.45, 2.75) is 26.7 Å². The Morgan fingerprint density at radius 2 is 1.81 bits per heavy atom. The van der Waals surface area contributed by atoms with Gasteiger partial charge in [0.25, 0.3) is 0 Å². The van der Waals surface area contributed by atoms with Crippen molar-refractivity contribution in [1.82, 2.24) is 5.16 Å². The lowest BCUT2D eigenvalue weighted by Gasteiger charge is -2.09. The van der Waals surface area contributed by atoms with Crippen LogP contribution < -0.4 is 5.73 Å². The van der Waals surface area contributed by atoms with E-state index in [1.54, 1.807) is 6.07 Å². The van der Waals surface area contributed by atoms with E-state index in [1.165, 1.54) is 16.7 Å². The van der Waals surface area contributed by atoms with Gasteiger partial charge in [0, 0.05) is 11.6 Å². The van der Waals surface area contributed by atoms with Gasteiger partial charge in [0.05, 0.1) is 0 Å². The SMILES string of the molecule is CCc1cccc(CC)c1-c1cc(N)on1. The van der Waals surface area contributed by atoms with Gasteiger partial charge in [0.15, 0.2) is 0 Å². The van der Waals surface area contributed by atoms with E-state index in [1.807, 2.05) is 0 Å². The van der Waals surface area contributed by atoms with Crippen LogP contribution in [0.2, 0.25) is 0 Å². The monoisotopic (exact) mass is 216 g/mol. The van der Waals surface area contributed by atoms with Crippen LogP contribution >= 0.6 is 0 Å². The molecular formula is C13H16N2O. The second-order valence-corrected chi connectivity index (χ2v) is 3.77. The van der Waals surface area contributed by atoms with E-state index in [9.17, 15) is 0 Å². The van der Waals surface area contributed by atoms with Crippen LogP contribution in [0.5, 0.6) is 0 Å². The Hall–Kier alpha value is -1.77. The molecule has 1 heterocycles. The zero-order valence-corrected chi connectivity index (χ0v) is 9.66. The van der Waals surface area contributed by atoms with E-state index < -0.39 is 0 Å². The summed E-state index contributed by atoms with van der Waals surface area (Å²) in [7, 11) is 0. The van der Waals surface area contributed by atoms with Crippen molar-refractivity contribution in [3.05, 3.63) is 35.4 Å². The third-order valence-corrected chi connectivity index (χ3v) is 2.78. The van der Waals surface area contributed by atoms with Crippen molar-refractivity contribution in [2.24, 2.45) is 0 Å². The fraction of sp³-hybridized carbons (Fsp3) is 0.308. The number of hydrogen-bond donors (Lipinski definition) is 1. The van der Waals surface area contributed by atoms with Crippen molar-refractivity contribution in [3.63, 3.8) is 0 Å². The highest BCUT2D eigenvalue weighted by Crippen LogP contribution is 2.28. The number of aromatic nitrogens is 1. The molecule has 2 N–H and O–H groups in total. The van der Waals surface area contributed by atoms with Crippen LogP contribution in [-0.4, -0.2) is 5.16 Å². The van der Waals surface area contributed by atoms with E-state index in [0.717, 1.165) is 18.5 Å². The predicted octanol–water partition coefficient (Wildman–Crippen LogP) is 3.05. The molecule has 0 atom stereocenters. The van der Waals surface area contributed by atoms with Crippen LogP contribution in [-0.2, 0) is 12.8 Å². The van der Waals surface area contributed by atoms with Crippen LogP contribution in [0.15, 0.2) is 28.8 Å². The first-order chi connectivity index (χ1) is 7.76. The van der Waals surface area contributed by atoms with Crippen molar-refractivity contribution < 1.29 is 4.52 Å². The molecule has 84 valence electrons. The summed E-state index contributed by atoms with van der Waals surface area (Å²) in [5, 5.41) is 4.00. The Bertz CT molecular complexity index is 466. The quantitative estimate of drug-likeness (QED) is 0.857. The van der Waals surface area contributed by atoms with Gasteiger partial charge in [-0.1, -0.05) is 37.2 Å². The molecule has 2 rings (SSSR count). The summed E-state index contributed by atoms with van der Waals surface area (Å²) in [4.78, 5) is 0. The van der Waals surface area contributed by atoms with Crippen LogP contribution in [0.4, 0.5) is 5.88 Å². The number of anilines is 1. The smallest absolute Gasteiger partial charge is 0.222 e. The number of aryl methyl sites for hydroxylation is 2. The summed E-state index contributed by atoms with van der Waals surface area (Å²) in [5.74, 6) is 0.364. The molecule has 0 amide bonds. The zero-order chi connectivity index (χ0) is 11.5. The molecule has 2 aromatic rings. The molecule has 0 saturated heterocycles. The van der Waals surface area contributed by atoms with Gasteiger partial charge in [-0.25, -0.2) is 0 Å². The molecule has 0 unspecified atom stereocenters. The van der Waals surface area contributed by atoms with Gasteiger partial charge in [-0.05, 0) is 24.0 Å². The average Bonchev–Trinajstić information content (AvgIpc) is 2.74. The lowest BCUT2D eigenvalue weighted by Crippen LogP contribution is -1.94. The molecule has 3 nitrogen and oxygen atoms in total. The van der Waals surface area contributed by atoms with Gasteiger partial charge in [-0.2, -0.15) is 0 Å². The van der Waals surface area contributed by atoms with E-state index >= 15 is 0 Å². The normalized spacial score (nSPS) is 10.6. The molecule has 0 radical (unpaired) electrons. The minimum atomic E-state index is 0.364. The van der Waals surface area contributed by atoms with Crippen LogP contribution in [0, 0.1) is 0 Å². The Morgan fingerprint density at radius 3 is 2.25 bits per heavy atom. The highest BCUT2D eigenvalue weighted by atomic mass is 16.5. The zero-order valence-electron chi connectivity index (χ0n) is 9.66. The van der Waals surface area contributed by atoms with Crippen LogP contribution in [0.25, 0.3) is 11.3 Å². The highest BCUT2D eigenvalue weighted by molar-refractivity contribution is 5.69. The molecule has 3 heteroatoms. The lowest BCUT2D eigenvalue weighted by molar-refractivity contribution is 0.439. The molecular weight excluding hydrogens is 200 g/mol. The first-order valence-electron chi connectivity index (χ1n) is 5.59. The standard InChI is InChI=1S/C13H16N2O/c1-3-9-6-5-7-10(4-2)13(9)11-8-12(14)16-15-11/h5-8H,3-4,14H2,1-2H3. The van der Waals surface area contributed by atoms with Gasteiger partial charge in [-0.3, -0.25) is 0 Å². The molecule has 0 bridgehead atoms. The average molecular weight is 216 g/mol. The fourth-order valence-electron chi connectivity index (χ4n) is 1.98. The third kappa shape index (κ3) is 1.81. The number of nitrogens with zero attached hydrogens (tertiary/aromatic N) is 1. The number of nitrogens with two attached hydrogens (primary N) is 1. The number of benzene rings is 1. The minimum Gasteiger partial charge on any atom is -0.368 e. The van der Waals surface area contributed by atoms with Crippen molar-refractivity contribution in [1.29, 1.82) is 0 Å². The number of rotatable bonds is 3. The predicted molar refractivity (Wildman–Crippen MR) is 65.1 cm³/mol. The molecule has 0 fully saturated rings. The molecule has 16 heavy (non-hydrogen) atoms. The van der Waals surface area contributed by atoms with Crippen molar-refractivity contribution in [3.8, 4) is 11.3 Å². The van der Waals surface area contributed by atoms with Gasteiger partial charge >= 0.3 is 0 Å². The molecule has 0 aliphatic heterocycles. The largest absolute Gasteiger partial charge is 0.368 e. The maximum absolute atomic E-state index is 5.57. The summed E-state index contributed by atoms with van der Waals surface area (Å²) in [5.41, 5.74) is 10.2. The van der Waals surface area contributed by atoms with Crippen molar-refractivity contribution >= 4 is 5.88 Å². The summed E-state index contributed by atoms with van der Waals surface area (Å²) >= 11 is 0. The third-order valence-electron chi connectivity index (χ3n) is 2.78. The van der Waals surface area contributed by atoms with E-state index in [4.69, 9.17) is 10.3 Å². The maximum Gasteiger partial charge on any atom is 0.222 e. The lowest BCUT2D eigenvalue weighted by atomic mass is 9.95. The summed E-state index contributed by atoms with van der Waals surface area (Å²) in [6, 6.07) is 8.12. The molecule has 0 spiro atoms. The fourth-order valence-corrected chi connectivity index (χ4v) is 1.98. The number of hydrogen-bond acceptors (Lipinski definition) is 3.